The van der Waals surface area contributed by atoms with E-state index in [-0.39, 0.29) is 21.8 Å². The highest BCUT2D eigenvalue weighted by molar-refractivity contribution is 7.19. The molecular weight excluding hydrogens is 1110 g/mol. The van der Waals surface area contributed by atoms with Crippen LogP contribution in [0.4, 0.5) is 38.0 Å². The van der Waals surface area contributed by atoms with Gasteiger partial charge in [-0.15, -0.1) is 22.7 Å². The van der Waals surface area contributed by atoms with Crippen molar-refractivity contribution in [1.82, 2.24) is 59.7 Å². The number of aromatic nitrogens is 10. The first-order chi connectivity index (χ1) is 39.8. The third-order valence-corrected chi connectivity index (χ3v) is 18.4. The lowest BCUT2D eigenvalue weighted by Gasteiger charge is -2.26. The molecule has 0 aliphatic heterocycles. The zero-order chi connectivity index (χ0) is 58.3. The summed E-state index contributed by atoms with van der Waals surface area (Å²) in [7, 11) is 5.82. The minimum absolute atomic E-state index is 0.217. The summed E-state index contributed by atoms with van der Waals surface area (Å²) >= 11 is 2.16. The first-order valence-corrected chi connectivity index (χ1v) is 28.9. The molecule has 0 bridgehead atoms. The second kappa shape index (κ2) is 23.4. The van der Waals surface area contributed by atoms with E-state index in [9.17, 15) is 36.9 Å². The lowest BCUT2D eigenvalue weighted by molar-refractivity contribution is -0.127. The maximum Gasteiger partial charge on any atom is 0.393 e. The maximum absolute atomic E-state index is 13.0. The Balaban J connectivity index is 0.000000174. The van der Waals surface area contributed by atoms with Crippen molar-refractivity contribution >= 4 is 76.5 Å². The molecule has 2 aliphatic rings. The number of rotatable bonds is 16. The highest BCUT2D eigenvalue weighted by atomic mass is 32.1. The van der Waals surface area contributed by atoms with Crippen molar-refractivity contribution in [2.75, 3.05) is 23.9 Å². The number of thiophene rings is 2. The van der Waals surface area contributed by atoms with Gasteiger partial charge in [-0.1, -0.05) is 12.1 Å². The number of nitrogens with one attached hydrogen (secondary N) is 3. The third-order valence-electron chi connectivity index (χ3n) is 16.4. The van der Waals surface area contributed by atoms with Crippen LogP contribution >= 0.6 is 22.7 Å². The van der Waals surface area contributed by atoms with Gasteiger partial charge in [-0.05, 0) is 111 Å². The number of nitrogens with zero attached hydrogens (tertiary/aromatic N) is 13. The van der Waals surface area contributed by atoms with Gasteiger partial charge >= 0.3 is 12.4 Å². The number of alkyl halides is 6. The molecular formula is C59H60F6N16S2. The molecule has 2 aliphatic carbocycles. The van der Waals surface area contributed by atoms with Crippen LogP contribution in [0.3, 0.4) is 0 Å². The lowest BCUT2D eigenvalue weighted by Crippen LogP contribution is -2.33. The van der Waals surface area contributed by atoms with E-state index in [1.807, 2.05) is 61.0 Å². The molecule has 2 fully saturated rings. The number of hydrogen-bond acceptors (Lipinski definition) is 14. The van der Waals surface area contributed by atoms with Gasteiger partial charge in [0.05, 0.1) is 49.1 Å². The monoisotopic (exact) mass is 1170 g/mol. The smallest absolute Gasteiger partial charge is 0.356 e. The number of aryl methyl sites for hydroxylation is 3. The van der Waals surface area contributed by atoms with Crippen LogP contribution in [-0.2, 0) is 46.1 Å². The van der Waals surface area contributed by atoms with Gasteiger partial charge in [0.1, 0.15) is 57.5 Å². The largest absolute Gasteiger partial charge is 0.393 e. The summed E-state index contributed by atoms with van der Waals surface area (Å²) in [6.45, 7) is 6.78. The molecule has 10 aromatic rings. The van der Waals surface area contributed by atoms with Crippen molar-refractivity contribution in [2.24, 2.45) is 7.05 Å². The number of H-pyrrole nitrogens is 1. The number of hydrogen-bond donors (Lipinski definition) is 3. The Hall–Kier alpha value is -7.90. The predicted octanol–water partition coefficient (Wildman–Crippen LogP) is 11.7. The van der Waals surface area contributed by atoms with Crippen molar-refractivity contribution < 1.29 is 26.3 Å². The number of nitriles is 2. The zero-order valence-corrected chi connectivity index (χ0v) is 47.9. The summed E-state index contributed by atoms with van der Waals surface area (Å²) in [6.07, 6.45) is 5.56. The van der Waals surface area contributed by atoms with E-state index in [0.29, 0.717) is 81.7 Å². The Morgan fingerprint density at radius 3 is 1.55 bits per heavy atom. The van der Waals surface area contributed by atoms with Gasteiger partial charge in [-0.3, -0.25) is 9.78 Å². The molecule has 0 unspecified atom stereocenters. The van der Waals surface area contributed by atoms with Crippen molar-refractivity contribution in [3.05, 3.63) is 140 Å². The molecule has 4 atom stereocenters. The first kappa shape index (κ1) is 56.9. The molecule has 2 saturated carbocycles. The van der Waals surface area contributed by atoms with Gasteiger partial charge in [0.25, 0.3) is 0 Å². The van der Waals surface area contributed by atoms with Gasteiger partial charge in [-0.25, -0.2) is 19.9 Å². The highest BCUT2D eigenvalue weighted by Gasteiger charge is 2.34. The van der Waals surface area contributed by atoms with E-state index in [1.165, 1.54) is 23.8 Å². The number of fused-ring (bicyclic) bond motifs is 4. The lowest BCUT2D eigenvalue weighted by atomic mass is 10.0. The third kappa shape index (κ3) is 12.4. The number of aromatic amines is 1. The number of halogens is 6. The molecule has 0 spiro atoms. The molecule has 16 nitrogen and oxygen atoms in total. The van der Waals surface area contributed by atoms with Crippen LogP contribution in [0.15, 0.2) is 86.0 Å². The summed E-state index contributed by atoms with van der Waals surface area (Å²) < 4.78 is 83.6. The van der Waals surface area contributed by atoms with Crippen molar-refractivity contribution in [3.8, 4) is 12.1 Å². The number of benzene rings is 2. The Morgan fingerprint density at radius 2 is 1.13 bits per heavy atom. The molecule has 83 heavy (non-hydrogen) atoms. The van der Waals surface area contributed by atoms with Gasteiger partial charge < -0.3 is 29.6 Å². The summed E-state index contributed by atoms with van der Waals surface area (Å²) in [4.78, 5) is 23.2. The number of anilines is 2. The van der Waals surface area contributed by atoms with Crippen LogP contribution in [0, 0.1) is 36.5 Å². The molecule has 0 radical (unpaired) electrons. The second-order valence-corrected chi connectivity index (χ2v) is 24.0. The average Bonchev–Trinajstić information content (AvgIpc) is 3.30. The summed E-state index contributed by atoms with van der Waals surface area (Å²) in [6, 6.07) is 21.3. The van der Waals surface area contributed by atoms with E-state index in [4.69, 9.17) is 0 Å². The highest BCUT2D eigenvalue weighted by Crippen LogP contribution is 2.39. The molecule has 24 heteroatoms. The standard InChI is InChI=1S/C30H31F3N8S.C29H29F3N8S/c1-18-20(4-7-27-25(18)9-23(12-34)41(27)16-19-13-38-39(2)15-19)14-35-21-5-6-22(8-21)40(3)28-26-10-24(11-30(31,32)33)42-29(26)37-17-36-28;1-17-19(3-6-26-24(17)8-22(11-33)40(26)15-18-12-37-38-13-18)14-34-20-4-5-21(7-20)39(2)27-25-9-23(10-29(30,31)32)41-28(25)36-16-35-27/h4,7,9-10,13,15,17,21-22,35H,5-6,8,11,14,16H2,1-3H3;3,6,8-9,12-13,16,20-21,34H,4-5,7,10,14-15H2,1-2H3,(H,37,38)/t21-,22+;20-,21+/m00/s1. The summed E-state index contributed by atoms with van der Waals surface area (Å²) in [5.41, 5.74) is 10.0. The van der Waals surface area contributed by atoms with Gasteiger partial charge in [0.15, 0.2) is 0 Å². The van der Waals surface area contributed by atoms with Crippen LogP contribution in [0.2, 0.25) is 0 Å². The molecule has 430 valence electrons. The quantitative estimate of drug-likeness (QED) is 0.0779. The van der Waals surface area contributed by atoms with E-state index in [2.05, 4.69) is 106 Å². The molecule has 3 N–H and O–H groups in total. The Kier molecular flexibility index (Phi) is 16.0. The Labute approximate surface area is 482 Å². The fourth-order valence-electron chi connectivity index (χ4n) is 12.0. The van der Waals surface area contributed by atoms with Crippen molar-refractivity contribution in [1.29, 1.82) is 10.5 Å². The SMILES string of the molecule is Cc1c(CN[C@H]2CC[C@@H](N(C)c3ncnc4sc(CC(F)(F)F)cc34)C2)ccc2c1cc(C#N)n2Cc1cn[nH]c1.Cc1c(CN[C@H]2CC[C@@H](N(C)c3ncnc4sc(CC(F)(F)F)cc34)C2)ccc2c1cc(C#N)n2Cc1cnn(C)c1. The normalized spacial score (nSPS) is 17.4. The molecule has 2 aromatic carbocycles. The van der Waals surface area contributed by atoms with Gasteiger partial charge in [0, 0.05) is 113 Å². The minimum Gasteiger partial charge on any atom is -0.356 e. The maximum atomic E-state index is 13.0. The van der Waals surface area contributed by atoms with Crippen LogP contribution in [0.25, 0.3) is 42.2 Å². The molecule has 8 heterocycles. The summed E-state index contributed by atoms with van der Waals surface area (Å²) in [5.74, 6) is 1.36. The van der Waals surface area contributed by atoms with E-state index < -0.39 is 25.2 Å². The first-order valence-electron chi connectivity index (χ1n) is 27.3. The fourth-order valence-corrected chi connectivity index (χ4v) is 14.0. The summed E-state index contributed by atoms with van der Waals surface area (Å²) in [5, 5.41) is 41.6. The molecule has 0 saturated heterocycles. The minimum atomic E-state index is -4.25. The van der Waals surface area contributed by atoms with Crippen LogP contribution in [0.1, 0.15) is 93.0 Å². The second-order valence-electron chi connectivity index (χ2n) is 21.8. The van der Waals surface area contributed by atoms with E-state index in [0.717, 1.165) is 105 Å². The molecule has 12 rings (SSSR count). The van der Waals surface area contributed by atoms with Crippen LogP contribution < -0.4 is 20.4 Å². The Bertz CT molecular complexity index is 4040. The fraction of sp³-hybridized carbons (Fsp3) is 0.390. The zero-order valence-electron chi connectivity index (χ0n) is 46.3. The van der Waals surface area contributed by atoms with Crippen molar-refractivity contribution in [2.45, 2.75) is 128 Å². The average molecular weight is 1170 g/mol. The Morgan fingerprint density at radius 1 is 0.651 bits per heavy atom. The molecule has 0 amide bonds. The van der Waals surface area contributed by atoms with Gasteiger partial charge in [-0.2, -0.15) is 47.1 Å². The van der Waals surface area contributed by atoms with Crippen LogP contribution in [0.5, 0.6) is 0 Å². The van der Waals surface area contributed by atoms with E-state index >= 15 is 0 Å². The van der Waals surface area contributed by atoms with Crippen molar-refractivity contribution in [3.63, 3.8) is 0 Å². The van der Waals surface area contributed by atoms with Crippen LogP contribution in [-0.4, -0.2) is 99.7 Å². The topological polar surface area (TPSA) is 186 Å². The van der Waals surface area contributed by atoms with E-state index in [1.54, 1.807) is 23.0 Å². The van der Waals surface area contributed by atoms with Gasteiger partial charge in [0.2, 0.25) is 0 Å². The molecule has 8 aromatic heterocycles. The predicted molar refractivity (Wildman–Crippen MR) is 310 cm³/mol.